The van der Waals surface area contributed by atoms with Crippen LogP contribution in [0.1, 0.15) is 48.2 Å². The van der Waals surface area contributed by atoms with Gasteiger partial charge in [0.1, 0.15) is 17.3 Å². The Bertz CT molecular complexity index is 631. The van der Waals surface area contributed by atoms with Crippen LogP contribution in [0.2, 0.25) is 0 Å². The Morgan fingerprint density at radius 2 is 1.55 bits per heavy atom. The van der Waals surface area contributed by atoms with E-state index in [4.69, 9.17) is 10.4 Å². The molecule has 0 radical (unpaired) electrons. The summed E-state index contributed by atoms with van der Waals surface area (Å²) in [6.45, 7) is 3.75. The van der Waals surface area contributed by atoms with Gasteiger partial charge >= 0.3 is 0 Å². The highest BCUT2D eigenvalue weighted by Gasteiger charge is 2.34. The van der Waals surface area contributed by atoms with Crippen molar-refractivity contribution in [1.29, 1.82) is 5.41 Å². The van der Waals surface area contributed by atoms with Crippen LogP contribution in [0.3, 0.4) is 0 Å². The number of fused-ring (bicyclic) bond motifs is 1. The SMILES string of the molecule is N=C1NC(=O)c2nc(N3CCCC3)nc(N3CCCCC3)c21. The van der Waals surface area contributed by atoms with Crippen LogP contribution in [0.5, 0.6) is 0 Å². The van der Waals surface area contributed by atoms with Crippen molar-refractivity contribution >= 4 is 23.5 Å². The smallest absolute Gasteiger partial charge is 0.276 e. The molecule has 0 bridgehead atoms. The average Bonchev–Trinajstić information content (AvgIpc) is 3.17. The Kier molecular flexibility index (Phi) is 3.20. The van der Waals surface area contributed by atoms with E-state index in [0.29, 0.717) is 17.2 Å². The number of aromatic nitrogens is 2. The lowest BCUT2D eigenvalue weighted by Crippen LogP contribution is -2.33. The number of nitrogens with zero attached hydrogens (tertiary/aromatic N) is 4. The molecule has 0 atom stereocenters. The fraction of sp³-hybridized carbons (Fsp3) is 0.600. The number of carbonyl (C=O) groups is 1. The van der Waals surface area contributed by atoms with Crippen LogP contribution in [0, 0.1) is 5.41 Å². The van der Waals surface area contributed by atoms with Gasteiger partial charge in [-0.05, 0) is 32.1 Å². The molecule has 0 aliphatic carbocycles. The fourth-order valence-corrected chi connectivity index (χ4v) is 3.46. The highest BCUT2D eigenvalue weighted by atomic mass is 16.2. The van der Waals surface area contributed by atoms with Gasteiger partial charge in [0.05, 0.1) is 5.56 Å². The molecule has 0 unspecified atom stereocenters. The predicted molar refractivity (Wildman–Crippen MR) is 83.8 cm³/mol. The number of carbonyl (C=O) groups excluding carboxylic acids is 1. The van der Waals surface area contributed by atoms with Crippen molar-refractivity contribution in [3.63, 3.8) is 0 Å². The zero-order valence-electron chi connectivity index (χ0n) is 12.6. The lowest BCUT2D eigenvalue weighted by atomic mass is 10.1. The molecule has 0 saturated carbocycles. The van der Waals surface area contributed by atoms with Gasteiger partial charge in [-0.3, -0.25) is 10.2 Å². The maximum atomic E-state index is 12.1. The molecule has 1 amide bonds. The van der Waals surface area contributed by atoms with Gasteiger partial charge in [0.25, 0.3) is 5.91 Å². The van der Waals surface area contributed by atoms with Crippen LogP contribution in [0.4, 0.5) is 11.8 Å². The molecule has 2 fully saturated rings. The van der Waals surface area contributed by atoms with Crippen molar-refractivity contribution in [1.82, 2.24) is 15.3 Å². The number of piperidine rings is 1. The largest absolute Gasteiger partial charge is 0.356 e. The first-order valence-corrected chi connectivity index (χ1v) is 8.06. The highest BCUT2D eigenvalue weighted by molar-refractivity contribution is 6.23. The van der Waals surface area contributed by atoms with E-state index in [1.165, 1.54) is 6.42 Å². The molecular formula is C15H20N6O. The molecule has 0 aromatic carbocycles. The van der Waals surface area contributed by atoms with Gasteiger partial charge in [0.2, 0.25) is 5.95 Å². The molecule has 22 heavy (non-hydrogen) atoms. The molecule has 1 aromatic heterocycles. The first kappa shape index (κ1) is 13.5. The van der Waals surface area contributed by atoms with E-state index in [2.05, 4.69) is 20.1 Å². The molecule has 4 rings (SSSR count). The molecule has 3 aliphatic rings. The van der Waals surface area contributed by atoms with Crippen molar-refractivity contribution in [2.24, 2.45) is 0 Å². The first-order chi connectivity index (χ1) is 10.7. The fourth-order valence-electron chi connectivity index (χ4n) is 3.46. The van der Waals surface area contributed by atoms with Gasteiger partial charge in [0, 0.05) is 26.2 Å². The summed E-state index contributed by atoms with van der Waals surface area (Å²) in [7, 11) is 0. The summed E-state index contributed by atoms with van der Waals surface area (Å²) in [5, 5.41) is 10.6. The number of rotatable bonds is 2. The predicted octanol–water partition coefficient (Wildman–Crippen LogP) is 1.14. The van der Waals surface area contributed by atoms with Gasteiger partial charge in [-0.1, -0.05) is 0 Å². The monoisotopic (exact) mass is 300 g/mol. The van der Waals surface area contributed by atoms with Gasteiger partial charge in [0.15, 0.2) is 0 Å². The van der Waals surface area contributed by atoms with Crippen LogP contribution in [-0.4, -0.2) is 47.9 Å². The summed E-state index contributed by atoms with van der Waals surface area (Å²) in [6, 6.07) is 0. The third-order valence-electron chi connectivity index (χ3n) is 4.63. The first-order valence-electron chi connectivity index (χ1n) is 8.06. The van der Waals surface area contributed by atoms with Crippen LogP contribution in [0.25, 0.3) is 0 Å². The summed E-state index contributed by atoms with van der Waals surface area (Å²) in [6.07, 6.45) is 5.78. The minimum Gasteiger partial charge on any atom is -0.356 e. The second-order valence-corrected chi connectivity index (χ2v) is 6.14. The van der Waals surface area contributed by atoms with Crippen LogP contribution >= 0.6 is 0 Å². The van der Waals surface area contributed by atoms with Gasteiger partial charge in [-0.15, -0.1) is 0 Å². The lowest BCUT2D eigenvalue weighted by molar-refractivity contribution is 0.0978. The zero-order valence-corrected chi connectivity index (χ0v) is 12.6. The molecule has 2 N–H and O–H groups in total. The van der Waals surface area contributed by atoms with Gasteiger partial charge in [-0.25, -0.2) is 4.98 Å². The number of amides is 1. The zero-order chi connectivity index (χ0) is 15.1. The average molecular weight is 300 g/mol. The van der Waals surface area contributed by atoms with E-state index >= 15 is 0 Å². The van der Waals surface area contributed by atoms with Gasteiger partial charge in [-0.2, -0.15) is 4.98 Å². The molecule has 2 saturated heterocycles. The van der Waals surface area contributed by atoms with Crippen molar-refractivity contribution in [3.05, 3.63) is 11.3 Å². The van der Waals surface area contributed by atoms with E-state index in [1.807, 2.05) is 0 Å². The summed E-state index contributed by atoms with van der Waals surface area (Å²) < 4.78 is 0. The van der Waals surface area contributed by atoms with Crippen LogP contribution in [0.15, 0.2) is 0 Å². The quantitative estimate of drug-likeness (QED) is 0.855. The van der Waals surface area contributed by atoms with E-state index in [9.17, 15) is 4.79 Å². The Morgan fingerprint density at radius 3 is 2.27 bits per heavy atom. The molecule has 0 spiro atoms. The number of nitrogens with one attached hydrogen (secondary N) is 2. The number of hydrogen-bond donors (Lipinski definition) is 2. The Hall–Kier alpha value is -2.18. The molecule has 1 aromatic rings. The van der Waals surface area contributed by atoms with Crippen molar-refractivity contribution < 1.29 is 4.79 Å². The van der Waals surface area contributed by atoms with Crippen molar-refractivity contribution in [2.75, 3.05) is 36.0 Å². The number of amidine groups is 1. The second-order valence-electron chi connectivity index (χ2n) is 6.14. The Morgan fingerprint density at radius 1 is 0.909 bits per heavy atom. The Balaban J connectivity index is 1.81. The third-order valence-corrected chi connectivity index (χ3v) is 4.63. The second kappa shape index (κ2) is 5.23. The normalized spacial score (nSPS) is 21.3. The van der Waals surface area contributed by atoms with Crippen LogP contribution in [-0.2, 0) is 0 Å². The van der Waals surface area contributed by atoms with E-state index in [0.717, 1.165) is 57.7 Å². The van der Waals surface area contributed by atoms with Crippen molar-refractivity contribution in [2.45, 2.75) is 32.1 Å². The molecular weight excluding hydrogens is 280 g/mol. The van der Waals surface area contributed by atoms with Gasteiger partial charge < -0.3 is 15.1 Å². The topological polar surface area (TPSA) is 85.2 Å². The number of hydrogen-bond acceptors (Lipinski definition) is 6. The maximum absolute atomic E-state index is 12.1. The molecule has 7 heteroatoms. The minimum atomic E-state index is -0.277. The standard InChI is InChI=1S/C15H20N6O/c16-12-10-11(14(22)18-12)17-15(21-8-4-5-9-21)19-13(10)20-6-2-1-3-7-20/h1-9H2,(H2,16,18,22). The minimum absolute atomic E-state index is 0.133. The summed E-state index contributed by atoms with van der Waals surface area (Å²) >= 11 is 0. The third kappa shape index (κ3) is 2.12. The van der Waals surface area contributed by atoms with Crippen molar-refractivity contribution in [3.8, 4) is 0 Å². The lowest BCUT2D eigenvalue weighted by Gasteiger charge is -2.29. The summed E-state index contributed by atoms with van der Waals surface area (Å²) in [4.78, 5) is 25.6. The maximum Gasteiger partial charge on any atom is 0.276 e. The Labute approximate surface area is 129 Å². The van der Waals surface area contributed by atoms with E-state index in [1.54, 1.807) is 0 Å². The summed E-state index contributed by atoms with van der Waals surface area (Å²) in [5.41, 5.74) is 0.942. The highest BCUT2D eigenvalue weighted by Crippen LogP contribution is 2.30. The molecule has 4 heterocycles. The molecule has 3 aliphatic heterocycles. The van der Waals surface area contributed by atoms with Crippen LogP contribution < -0.4 is 15.1 Å². The molecule has 116 valence electrons. The van der Waals surface area contributed by atoms with E-state index in [-0.39, 0.29) is 11.7 Å². The van der Waals surface area contributed by atoms with E-state index < -0.39 is 0 Å². The number of anilines is 2. The molecule has 7 nitrogen and oxygen atoms in total. The summed E-state index contributed by atoms with van der Waals surface area (Å²) in [5.74, 6) is 1.26.